The van der Waals surface area contributed by atoms with Crippen molar-refractivity contribution in [3.05, 3.63) is 30.1 Å². The number of hydrogen-bond donors (Lipinski definition) is 0. The summed E-state index contributed by atoms with van der Waals surface area (Å²) in [6, 6.07) is 4.24. The van der Waals surface area contributed by atoms with Crippen LogP contribution < -0.4 is 0 Å². The maximum absolute atomic E-state index is 12.8. The first-order valence-corrected chi connectivity index (χ1v) is 10.0. The standard InChI is InChI=1S/C20H30N4O3/c1-2-3-16-27-20(26)24-14-12-23(13-15-24)19(25)22-10-6-18(7-11-22)17-4-8-21-9-5-17/h4-5,8-9,18H,2-3,6-7,10-16H2,1H3. The summed E-state index contributed by atoms with van der Waals surface area (Å²) in [5.74, 6) is 0.506. The van der Waals surface area contributed by atoms with E-state index >= 15 is 0 Å². The number of hydrogen-bond acceptors (Lipinski definition) is 4. The molecule has 27 heavy (non-hydrogen) atoms. The average molecular weight is 374 g/mol. The second-order valence-corrected chi connectivity index (χ2v) is 7.27. The van der Waals surface area contributed by atoms with Gasteiger partial charge in [0.15, 0.2) is 0 Å². The minimum Gasteiger partial charge on any atom is -0.449 e. The lowest BCUT2D eigenvalue weighted by atomic mass is 9.90. The lowest BCUT2D eigenvalue weighted by Crippen LogP contribution is -2.55. The lowest BCUT2D eigenvalue weighted by molar-refractivity contribution is 0.0730. The maximum atomic E-state index is 12.8. The highest BCUT2D eigenvalue weighted by molar-refractivity contribution is 5.75. The van der Waals surface area contributed by atoms with Crippen LogP contribution in [0, 0.1) is 0 Å². The molecule has 1 aromatic rings. The number of pyridine rings is 1. The summed E-state index contributed by atoms with van der Waals surface area (Å²) in [5.41, 5.74) is 1.31. The SMILES string of the molecule is CCCCOC(=O)N1CCN(C(=O)N2CCC(c3ccncc3)CC2)CC1. The molecule has 0 unspecified atom stereocenters. The van der Waals surface area contributed by atoms with Gasteiger partial charge in [-0.3, -0.25) is 4.98 Å². The predicted octanol–water partition coefficient (Wildman–Crippen LogP) is 2.94. The molecule has 3 amide bonds. The van der Waals surface area contributed by atoms with Crippen LogP contribution in [0.1, 0.15) is 44.1 Å². The van der Waals surface area contributed by atoms with E-state index < -0.39 is 0 Å². The molecule has 2 fully saturated rings. The van der Waals surface area contributed by atoms with Crippen molar-refractivity contribution < 1.29 is 14.3 Å². The lowest BCUT2D eigenvalue weighted by Gasteiger charge is -2.39. The summed E-state index contributed by atoms with van der Waals surface area (Å²) in [6.07, 6.45) is 7.28. The first-order valence-electron chi connectivity index (χ1n) is 10.0. The van der Waals surface area contributed by atoms with Crippen LogP contribution in [0.5, 0.6) is 0 Å². The van der Waals surface area contributed by atoms with Gasteiger partial charge in [0.25, 0.3) is 0 Å². The number of unbranched alkanes of at least 4 members (excludes halogenated alkanes) is 1. The van der Waals surface area contributed by atoms with Crippen LogP contribution in [-0.4, -0.2) is 77.7 Å². The van der Waals surface area contributed by atoms with Crippen LogP contribution in [0.4, 0.5) is 9.59 Å². The molecular weight excluding hydrogens is 344 g/mol. The Labute approximate surface area is 161 Å². The molecule has 148 valence electrons. The zero-order valence-corrected chi connectivity index (χ0v) is 16.2. The van der Waals surface area contributed by atoms with Crippen molar-refractivity contribution in [3.63, 3.8) is 0 Å². The molecular formula is C20H30N4O3. The highest BCUT2D eigenvalue weighted by Crippen LogP contribution is 2.28. The molecule has 0 bridgehead atoms. The Hall–Kier alpha value is -2.31. The van der Waals surface area contributed by atoms with Crippen LogP contribution in [0.3, 0.4) is 0 Å². The molecule has 0 aromatic carbocycles. The van der Waals surface area contributed by atoms with Crippen LogP contribution >= 0.6 is 0 Å². The third kappa shape index (κ3) is 5.11. The Morgan fingerprint density at radius 3 is 2.22 bits per heavy atom. The third-order valence-corrected chi connectivity index (χ3v) is 5.47. The Bertz CT molecular complexity index is 609. The van der Waals surface area contributed by atoms with E-state index in [0.29, 0.717) is 38.7 Å². The molecule has 0 saturated carbocycles. The number of urea groups is 1. The molecule has 0 N–H and O–H groups in total. The quantitative estimate of drug-likeness (QED) is 0.760. The number of piperazine rings is 1. The largest absolute Gasteiger partial charge is 0.449 e. The van der Waals surface area contributed by atoms with E-state index in [0.717, 1.165) is 38.8 Å². The van der Waals surface area contributed by atoms with Crippen molar-refractivity contribution in [1.82, 2.24) is 19.7 Å². The zero-order chi connectivity index (χ0) is 19.1. The summed E-state index contributed by atoms with van der Waals surface area (Å²) in [5, 5.41) is 0. The van der Waals surface area contributed by atoms with E-state index in [1.54, 1.807) is 4.90 Å². The smallest absolute Gasteiger partial charge is 0.409 e. The Morgan fingerprint density at radius 2 is 1.59 bits per heavy atom. The molecule has 7 heteroatoms. The second-order valence-electron chi connectivity index (χ2n) is 7.27. The fourth-order valence-corrected chi connectivity index (χ4v) is 3.72. The first kappa shape index (κ1) is 19.5. The number of nitrogens with zero attached hydrogens (tertiary/aromatic N) is 4. The van der Waals surface area contributed by atoms with E-state index in [-0.39, 0.29) is 12.1 Å². The summed E-state index contributed by atoms with van der Waals surface area (Å²) in [7, 11) is 0. The second kappa shape index (κ2) is 9.58. The number of carbonyl (C=O) groups excluding carboxylic acids is 2. The minimum atomic E-state index is -0.256. The van der Waals surface area contributed by atoms with Crippen LogP contribution in [-0.2, 0) is 4.74 Å². The Balaban J connectivity index is 1.41. The highest BCUT2D eigenvalue weighted by atomic mass is 16.6. The number of ether oxygens (including phenoxy) is 1. The molecule has 7 nitrogen and oxygen atoms in total. The van der Waals surface area contributed by atoms with Crippen LogP contribution in [0.25, 0.3) is 0 Å². The number of aromatic nitrogens is 1. The number of likely N-dealkylation sites (tertiary alicyclic amines) is 1. The molecule has 2 aliphatic rings. The molecule has 0 aliphatic carbocycles. The van der Waals surface area contributed by atoms with E-state index in [2.05, 4.69) is 24.0 Å². The van der Waals surface area contributed by atoms with Gasteiger partial charge in [0, 0.05) is 51.7 Å². The molecule has 1 aromatic heterocycles. The fraction of sp³-hybridized carbons (Fsp3) is 0.650. The molecule has 3 heterocycles. The predicted molar refractivity (Wildman–Crippen MR) is 103 cm³/mol. The van der Waals surface area contributed by atoms with E-state index in [9.17, 15) is 9.59 Å². The summed E-state index contributed by atoms with van der Waals surface area (Å²) >= 11 is 0. The molecule has 0 spiro atoms. The minimum absolute atomic E-state index is 0.0992. The van der Waals surface area contributed by atoms with Gasteiger partial charge < -0.3 is 19.4 Å². The number of piperidine rings is 1. The van der Waals surface area contributed by atoms with Crippen molar-refractivity contribution >= 4 is 12.1 Å². The summed E-state index contributed by atoms with van der Waals surface area (Å²) in [6.45, 7) is 6.35. The monoisotopic (exact) mass is 374 g/mol. The van der Waals surface area contributed by atoms with E-state index in [1.165, 1.54) is 5.56 Å². The van der Waals surface area contributed by atoms with Crippen molar-refractivity contribution in [2.24, 2.45) is 0 Å². The van der Waals surface area contributed by atoms with Crippen molar-refractivity contribution in [2.75, 3.05) is 45.9 Å². The van der Waals surface area contributed by atoms with Crippen LogP contribution in [0.2, 0.25) is 0 Å². The number of amides is 3. The topological polar surface area (TPSA) is 66.0 Å². The van der Waals surface area contributed by atoms with Gasteiger partial charge in [-0.15, -0.1) is 0 Å². The average Bonchev–Trinajstić information content (AvgIpc) is 2.74. The van der Waals surface area contributed by atoms with Crippen molar-refractivity contribution in [2.45, 2.75) is 38.5 Å². The van der Waals surface area contributed by atoms with Gasteiger partial charge in [0.1, 0.15) is 0 Å². The van der Waals surface area contributed by atoms with E-state index in [4.69, 9.17) is 4.74 Å². The van der Waals surface area contributed by atoms with Gasteiger partial charge in [-0.1, -0.05) is 13.3 Å². The summed E-state index contributed by atoms with van der Waals surface area (Å²) in [4.78, 5) is 34.4. The van der Waals surface area contributed by atoms with Gasteiger partial charge >= 0.3 is 12.1 Å². The fourth-order valence-electron chi connectivity index (χ4n) is 3.72. The van der Waals surface area contributed by atoms with Crippen LogP contribution in [0.15, 0.2) is 24.5 Å². The zero-order valence-electron chi connectivity index (χ0n) is 16.2. The molecule has 0 radical (unpaired) electrons. The number of carbonyl (C=O) groups is 2. The maximum Gasteiger partial charge on any atom is 0.409 e. The Kier molecular flexibility index (Phi) is 6.90. The van der Waals surface area contributed by atoms with E-state index in [1.807, 2.05) is 22.2 Å². The van der Waals surface area contributed by atoms with Gasteiger partial charge in [0.2, 0.25) is 0 Å². The number of rotatable bonds is 4. The van der Waals surface area contributed by atoms with Gasteiger partial charge in [-0.2, -0.15) is 0 Å². The third-order valence-electron chi connectivity index (χ3n) is 5.47. The highest BCUT2D eigenvalue weighted by Gasteiger charge is 2.30. The van der Waals surface area contributed by atoms with Gasteiger partial charge in [-0.05, 0) is 42.9 Å². The molecule has 2 aliphatic heterocycles. The molecule has 0 atom stereocenters. The molecule has 2 saturated heterocycles. The molecule has 3 rings (SSSR count). The normalized spacial score (nSPS) is 18.5. The first-order chi connectivity index (χ1) is 13.2. The van der Waals surface area contributed by atoms with Gasteiger partial charge in [0.05, 0.1) is 6.61 Å². The summed E-state index contributed by atoms with van der Waals surface area (Å²) < 4.78 is 5.26. The Morgan fingerprint density at radius 1 is 1.00 bits per heavy atom. The van der Waals surface area contributed by atoms with Crippen molar-refractivity contribution in [3.8, 4) is 0 Å². The van der Waals surface area contributed by atoms with Gasteiger partial charge in [-0.25, -0.2) is 9.59 Å². The van der Waals surface area contributed by atoms with Crippen molar-refractivity contribution in [1.29, 1.82) is 0 Å².